The molecule has 2 aromatic carbocycles. The number of hydrogen-bond acceptors (Lipinski definition) is 3. The van der Waals surface area contributed by atoms with Crippen LogP contribution in [0.15, 0.2) is 77.9 Å². The van der Waals surface area contributed by atoms with E-state index in [1.54, 1.807) is 24.5 Å². The fourth-order valence-corrected chi connectivity index (χ4v) is 3.59. The molecule has 2 heterocycles. The van der Waals surface area contributed by atoms with Crippen molar-refractivity contribution in [2.24, 2.45) is 0 Å². The molecule has 0 saturated heterocycles. The minimum Gasteiger partial charge on any atom is -0.340 e. The zero-order chi connectivity index (χ0) is 21.8. The quantitative estimate of drug-likeness (QED) is 0.445. The molecule has 2 N–H and O–H groups in total. The van der Waals surface area contributed by atoms with Crippen molar-refractivity contribution in [3.8, 4) is 0 Å². The van der Waals surface area contributed by atoms with Gasteiger partial charge < -0.3 is 15.2 Å². The Morgan fingerprint density at radius 2 is 1.94 bits per heavy atom. The van der Waals surface area contributed by atoms with Gasteiger partial charge in [0.25, 0.3) is 5.56 Å². The Kier molecular flexibility index (Phi) is 6.04. The van der Waals surface area contributed by atoms with Crippen LogP contribution >= 0.6 is 12.2 Å². The minimum atomic E-state index is -0.318. The largest absolute Gasteiger partial charge is 0.340 e. The highest BCUT2D eigenvalue weighted by Gasteiger charge is 2.15. The molecule has 5 nitrogen and oxygen atoms in total. The summed E-state index contributed by atoms with van der Waals surface area (Å²) in [7, 11) is 0. The summed E-state index contributed by atoms with van der Waals surface area (Å²) in [5.41, 5.74) is 3.99. The molecule has 4 aromatic rings. The standard InChI is InChI=1S/C24H21FN4OS/c1-16-4-9-22-18(11-16)12-19(23(30)28-22)15-29(14-17-3-2-10-26-13-17)24(31)27-21-7-5-20(25)6-8-21/h2-13H,14-15H2,1H3,(H,27,31)(H,28,30). The highest BCUT2D eigenvalue weighted by molar-refractivity contribution is 7.80. The topological polar surface area (TPSA) is 61.0 Å². The van der Waals surface area contributed by atoms with E-state index in [0.717, 1.165) is 22.0 Å². The number of anilines is 1. The molecular weight excluding hydrogens is 411 g/mol. The van der Waals surface area contributed by atoms with Crippen LogP contribution in [0.4, 0.5) is 10.1 Å². The van der Waals surface area contributed by atoms with Crippen LogP contribution in [-0.2, 0) is 13.1 Å². The van der Waals surface area contributed by atoms with Gasteiger partial charge in [0.1, 0.15) is 5.82 Å². The lowest BCUT2D eigenvalue weighted by Crippen LogP contribution is -2.35. The van der Waals surface area contributed by atoms with Gasteiger partial charge in [-0.1, -0.05) is 17.7 Å². The van der Waals surface area contributed by atoms with Crippen LogP contribution in [0.3, 0.4) is 0 Å². The highest BCUT2D eigenvalue weighted by Crippen LogP contribution is 2.17. The average molecular weight is 433 g/mol. The number of nitrogens with one attached hydrogen (secondary N) is 2. The number of H-pyrrole nitrogens is 1. The molecule has 0 radical (unpaired) electrons. The third-order valence-corrected chi connectivity index (χ3v) is 5.28. The molecule has 156 valence electrons. The van der Waals surface area contributed by atoms with E-state index in [1.807, 2.05) is 48.2 Å². The van der Waals surface area contributed by atoms with Crippen LogP contribution < -0.4 is 10.9 Å². The monoisotopic (exact) mass is 432 g/mol. The van der Waals surface area contributed by atoms with Gasteiger partial charge in [-0.05, 0) is 78.6 Å². The van der Waals surface area contributed by atoms with Gasteiger partial charge in [-0.15, -0.1) is 0 Å². The Morgan fingerprint density at radius 3 is 2.68 bits per heavy atom. The molecule has 0 aliphatic rings. The Labute approximate surface area is 184 Å². The Bertz CT molecular complexity index is 1270. The maximum Gasteiger partial charge on any atom is 0.253 e. The van der Waals surface area contributed by atoms with E-state index in [9.17, 15) is 9.18 Å². The van der Waals surface area contributed by atoms with E-state index in [2.05, 4.69) is 15.3 Å². The molecule has 4 rings (SSSR count). The molecule has 0 aliphatic heterocycles. The summed E-state index contributed by atoms with van der Waals surface area (Å²) >= 11 is 5.64. The van der Waals surface area contributed by atoms with E-state index < -0.39 is 0 Å². The number of pyridine rings is 2. The van der Waals surface area contributed by atoms with Crippen LogP contribution in [0, 0.1) is 12.7 Å². The molecule has 0 saturated carbocycles. The van der Waals surface area contributed by atoms with Crippen LogP contribution in [-0.4, -0.2) is 20.0 Å². The molecular formula is C24H21FN4OS. The molecule has 0 amide bonds. The van der Waals surface area contributed by atoms with Crippen molar-refractivity contribution < 1.29 is 4.39 Å². The summed E-state index contributed by atoms with van der Waals surface area (Å²) < 4.78 is 13.2. The fourth-order valence-electron chi connectivity index (χ4n) is 3.34. The van der Waals surface area contributed by atoms with Crippen LogP contribution in [0.2, 0.25) is 0 Å². The Morgan fingerprint density at radius 1 is 1.13 bits per heavy atom. The van der Waals surface area contributed by atoms with Crippen LogP contribution in [0.1, 0.15) is 16.7 Å². The predicted molar refractivity (Wildman–Crippen MR) is 125 cm³/mol. The number of nitrogens with zero attached hydrogens (tertiary/aromatic N) is 2. The van der Waals surface area contributed by atoms with Gasteiger partial charge in [0, 0.05) is 35.7 Å². The van der Waals surface area contributed by atoms with E-state index in [4.69, 9.17) is 12.2 Å². The third-order valence-electron chi connectivity index (χ3n) is 4.92. The summed E-state index contributed by atoms with van der Waals surface area (Å²) in [5.74, 6) is -0.318. The van der Waals surface area contributed by atoms with Gasteiger partial charge >= 0.3 is 0 Å². The first kappa shape index (κ1) is 20.7. The van der Waals surface area contributed by atoms with Crippen molar-refractivity contribution in [2.75, 3.05) is 5.32 Å². The normalized spacial score (nSPS) is 10.8. The summed E-state index contributed by atoms with van der Waals surface area (Å²) in [6.07, 6.45) is 3.47. The number of aryl methyl sites for hydroxylation is 1. The maximum absolute atomic E-state index is 13.2. The lowest BCUT2D eigenvalue weighted by molar-refractivity contribution is 0.410. The summed E-state index contributed by atoms with van der Waals surface area (Å²) in [6, 6.07) is 17.6. The maximum atomic E-state index is 13.2. The summed E-state index contributed by atoms with van der Waals surface area (Å²) in [4.78, 5) is 21.7. The third kappa shape index (κ3) is 5.13. The number of rotatable bonds is 5. The molecule has 0 spiro atoms. The second-order valence-corrected chi connectivity index (χ2v) is 7.76. The highest BCUT2D eigenvalue weighted by atomic mass is 32.1. The smallest absolute Gasteiger partial charge is 0.253 e. The van der Waals surface area contributed by atoms with Crippen LogP contribution in [0.25, 0.3) is 10.9 Å². The van der Waals surface area contributed by atoms with Crippen molar-refractivity contribution in [3.63, 3.8) is 0 Å². The van der Waals surface area contributed by atoms with E-state index in [0.29, 0.717) is 29.5 Å². The predicted octanol–water partition coefficient (Wildman–Crippen LogP) is 4.77. The Hall–Kier alpha value is -3.58. The number of thiocarbonyl (C=S) groups is 1. The van der Waals surface area contributed by atoms with Crippen molar-refractivity contribution in [1.29, 1.82) is 0 Å². The molecule has 0 bridgehead atoms. The fraction of sp³-hybridized carbons (Fsp3) is 0.125. The molecule has 0 aliphatic carbocycles. The summed E-state index contributed by atoms with van der Waals surface area (Å²) in [5, 5.41) is 4.53. The van der Waals surface area contributed by atoms with Gasteiger partial charge in [-0.3, -0.25) is 9.78 Å². The first-order chi connectivity index (χ1) is 15.0. The molecule has 0 atom stereocenters. The van der Waals surface area contributed by atoms with Crippen molar-refractivity contribution in [2.45, 2.75) is 20.0 Å². The lowest BCUT2D eigenvalue weighted by atomic mass is 10.1. The first-order valence-electron chi connectivity index (χ1n) is 9.81. The van der Waals surface area contributed by atoms with Crippen LogP contribution in [0.5, 0.6) is 0 Å². The Balaban J connectivity index is 1.64. The molecule has 0 fully saturated rings. The molecule has 2 aromatic heterocycles. The molecule has 0 unspecified atom stereocenters. The number of aromatic amines is 1. The van der Waals surface area contributed by atoms with Gasteiger partial charge in [0.15, 0.2) is 5.11 Å². The molecule has 31 heavy (non-hydrogen) atoms. The van der Waals surface area contributed by atoms with Gasteiger partial charge in [0.2, 0.25) is 0 Å². The van der Waals surface area contributed by atoms with Crippen molar-refractivity contribution >= 4 is 33.9 Å². The second kappa shape index (κ2) is 9.06. The van der Waals surface area contributed by atoms with Gasteiger partial charge in [-0.2, -0.15) is 0 Å². The molecule has 7 heteroatoms. The number of halogens is 1. The zero-order valence-electron chi connectivity index (χ0n) is 16.9. The number of benzene rings is 2. The van der Waals surface area contributed by atoms with Crippen molar-refractivity contribution in [1.82, 2.24) is 14.9 Å². The van der Waals surface area contributed by atoms with Gasteiger partial charge in [-0.25, -0.2) is 4.39 Å². The zero-order valence-corrected chi connectivity index (χ0v) is 17.7. The number of fused-ring (bicyclic) bond motifs is 1. The summed E-state index contributed by atoms with van der Waals surface area (Å²) in [6.45, 7) is 2.79. The van der Waals surface area contributed by atoms with Gasteiger partial charge in [0.05, 0.1) is 6.54 Å². The number of hydrogen-bond donors (Lipinski definition) is 2. The first-order valence-corrected chi connectivity index (χ1v) is 10.2. The second-order valence-electron chi connectivity index (χ2n) is 7.37. The van der Waals surface area contributed by atoms with E-state index in [1.165, 1.54) is 12.1 Å². The van der Waals surface area contributed by atoms with E-state index in [-0.39, 0.29) is 11.4 Å². The lowest BCUT2D eigenvalue weighted by Gasteiger charge is -2.26. The average Bonchev–Trinajstić information content (AvgIpc) is 2.76. The van der Waals surface area contributed by atoms with E-state index >= 15 is 0 Å². The SMILES string of the molecule is Cc1ccc2[nH]c(=O)c(CN(Cc3cccnc3)C(=S)Nc3ccc(F)cc3)cc2c1. The minimum absolute atomic E-state index is 0.155. The van der Waals surface area contributed by atoms with Crippen molar-refractivity contribution in [3.05, 3.63) is 106 Å². The number of aromatic nitrogens is 2.